The molecular formula is C19H22N2O2. The zero-order valence-corrected chi connectivity index (χ0v) is 13.6. The number of piperazine rings is 1. The fourth-order valence-corrected chi connectivity index (χ4v) is 3.16. The highest BCUT2D eigenvalue weighted by Gasteiger charge is 2.23. The molecule has 4 heteroatoms. The van der Waals surface area contributed by atoms with E-state index >= 15 is 0 Å². The number of para-hydroxylation sites is 2. The van der Waals surface area contributed by atoms with Crippen LogP contribution in [0, 0.1) is 13.8 Å². The number of carbonyl (C=O) groups excluding carboxylic acids is 1. The summed E-state index contributed by atoms with van der Waals surface area (Å²) < 4.78 is 0. The molecule has 1 N–H and O–H groups in total. The monoisotopic (exact) mass is 310 g/mol. The summed E-state index contributed by atoms with van der Waals surface area (Å²) in [6, 6.07) is 13.3. The van der Waals surface area contributed by atoms with Crippen molar-refractivity contribution < 1.29 is 9.90 Å². The van der Waals surface area contributed by atoms with E-state index in [9.17, 15) is 9.90 Å². The van der Waals surface area contributed by atoms with E-state index in [2.05, 4.69) is 11.0 Å². The topological polar surface area (TPSA) is 43.8 Å². The molecule has 0 spiro atoms. The third-order valence-corrected chi connectivity index (χ3v) is 4.26. The molecule has 3 rings (SSSR count). The largest absolute Gasteiger partial charge is 0.506 e. The Morgan fingerprint density at radius 3 is 2.17 bits per heavy atom. The second-order valence-corrected chi connectivity index (χ2v) is 6.14. The van der Waals surface area contributed by atoms with E-state index < -0.39 is 0 Å². The number of hydrogen-bond donors (Lipinski definition) is 1. The molecule has 0 bridgehead atoms. The van der Waals surface area contributed by atoms with Gasteiger partial charge in [0.1, 0.15) is 5.75 Å². The Bertz CT molecular complexity index is 699. The van der Waals surface area contributed by atoms with Crippen molar-refractivity contribution in [2.45, 2.75) is 13.8 Å². The molecule has 0 unspecified atom stereocenters. The maximum atomic E-state index is 12.7. The van der Waals surface area contributed by atoms with Crippen LogP contribution in [-0.4, -0.2) is 42.1 Å². The zero-order chi connectivity index (χ0) is 16.4. The molecule has 1 saturated heterocycles. The van der Waals surface area contributed by atoms with Gasteiger partial charge in [-0.15, -0.1) is 0 Å². The van der Waals surface area contributed by atoms with Gasteiger partial charge in [0.05, 0.1) is 5.69 Å². The zero-order valence-electron chi connectivity index (χ0n) is 13.6. The van der Waals surface area contributed by atoms with Crippen LogP contribution in [0.15, 0.2) is 42.5 Å². The average molecular weight is 310 g/mol. The van der Waals surface area contributed by atoms with E-state index in [1.165, 1.54) is 0 Å². The minimum atomic E-state index is 0.0914. The van der Waals surface area contributed by atoms with Gasteiger partial charge < -0.3 is 14.9 Å². The second-order valence-electron chi connectivity index (χ2n) is 6.14. The molecule has 4 nitrogen and oxygen atoms in total. The van der Waals surface area contributed by atoms with Crippen molar-refractivity contribution in [2.24, 2.45) is 0 Å². The van der Waals surface area contributed by atoms with Crippen LogP contribution in [0.5, 0.6) is 5.75 Å². The van der Waals surface area contributed by atoms with E-state index in [1.807, 2.05) is 49.1 Å². The first-order valence-electron chi connectivity index (χ1n) is 7.95. The lowest BCUT2D eigenvalue weighted by atomic mass is 10.1. The summed E-state index contributed by atoms with van der Waals surface area (Å²) in [6.45, 7) is 6.82. The first-order valence-corrected chi connectivity index (χ1v) is 7.95. The molecule has 120 valence electrons. The van der Waals surface area contributed by atoms with Crippen molar-refractivity contribution in [1.82, 2.24) is 4.90 Å². The van der Waals surface area contributed by atoms with Crippen LogP contribution in [0.4, 0.5) is 5.69 Å². The van der Waals surface area contributed by atoms with Crippen LogP contribution >= 0.6 is 0 Å². The second kappa shape index (κ2) is 6.32. The van der Waals surface area contributed by atoms with Gasteiger partial charge >= 0.3 is 0 Å². The molecule has 0 radical (unpaired) electrons. The summed E-state index contributed by atoms with van der Waals surface area (Å²) in [6.07, 6.45) is 0. The summed E-state index contributed by atoms with van der Waals surface area (Å²) >= 11 is 0. The molecule has 1 aliphatic heterocycles. The number of nitrogens with zero attached hydrogens (tertiary/aromatic N) is 2. The predicted octanol–water partition coefficient (Wildman–Crippen LogP) is 2.97. The number of hydrogen-bond acceptors (Lipinski definition) is 3. The normalized spacial score (nSPS) is 14.9. The minimum absolute atomic E-state index is 0.0914. The lowest BCUT2D eigenvalue weighted by Crippen LogP contribution is -2.48. The molecule has 0 aliphatic carbocycles. The van der Waals surface area contributed by atoms with Crippen molar-refractivity contribution in [1.29, 1.82) is 0 Å². The van der Waals surface area contributed by atoms with E-state index in [-0.39, 0.29) is 5.91 Å². The Morgan fingerprint density at radius 2 is 1.57 bits per heavy atom. The van der Waals surface area contributed by atoms with Crippen LogP contribution in [0.25, 0.3) is 0 Å². The summed E-state index contributed by atoms with van der Waals surface area (Å²) in [5.74, 6) is 0.385. The number of aryl methyl sites for hydroxylation is 2. The molecule has 1 amide bonds. The maximum Gasteiger partial charge on any atom is 0.253 e. The molecule has 23 heavy (non-hydrogen) atoms. The average Bonchev–Trinajstić information content (AvgIpc) is 2.54. The molecule has 0 atom stereocenters. The van der Waals surface area contributed by atoms with E-state index in [1.54, 1.807) is 6.07 Å². The van der Waals surface area contributed by atoms with E-state index in [0.29, 0.717) is 18.8 Å². The Morgan fingerprint density at radius 1 is 0.957 bits per heavy atom. The third kappa shape index (κ3) is 3.31. The van der Waals surface area contributed by atoms with E-state index in [4.69, 9.17) is 0 Å². The lowest BCUT2D eigenvalue weighted by molar-refractivity contribution is 0.0746. The Balaban J connectivity index is 1.69. The number of phenols is 1. The van der Waals surface area contributed by atoms with Gasteiger partial charge in [-0.3, -0.25) is 4.79 Å². The van der Waals surface area contributed by atoms with Gasteiger partial charge in [0.15, 0.2) is 0 Å². The molecule has 1 aliphatic rings. The fourth-order valence-electron chi connectivity index (χ4n) is 3.16. The molecule has 2 aromatic rings. The van der Waals surface area contributed by atoms with Crippen LogP contribution in [0.2, 0.25) is 0 Å². The molecule has 0 aromatic heterocycles. The van der Waals surface area contributed by atoms with Gasteiger partial charge in [-0.05, 0) is 38.1 Å². The Kier molecular flexibility index (Phi) is 4.24. The van der Waals surface area contributed by atoms with Crippen molar-refractivity contribution in [3.05, 3.63) is 59.2 Å². The Hall–Kier alpha value is -2.49. The standard InChI is InChI=1S/C19H22N2O2/c1-14-11-15(2)13-16(12-14)19(23)21-9-7-20(8-10-21)17-5-3-4-6-18(17)22/h3-6,11-13,22H,7-10H2,1-2H3. The number of anilines is 1. The van der Waals surface area contributed by atoms with Gasteiger partial charge in [-0.2, -0.15) is 0 Å². The highest BCUT2D eigenvalue weighted by atomic mass is 16.3. The van der Waals surface area contributed by atoms with Gasteiger partial charge in [-0.25, -0.2) is 0 Å². The van der Waals surface area contributed by atoms with Crippen molar-refractivity contribution in [3.8, 4) is 5.75 Å². The molecule has 1 fully saturated rings. The highest BCUT2D eigenvalue weighted by molar-refractivity contribution is 5.94. The third-order valence-electron chi connectivity index (χ3n) is 4.26. The fraction of sp³-hybridized carbons (Fsp3) is 0.316. The lowest BCUT2D eigenvalue weighted by Gasteiger charge is -2.36. The van der Waals surface area contributed by atoms with Crippen LogP contribution in [0.1, 0.15) is 21.5 Å². The van der Waals surface area contributed by atoms with Gasteiger partial charge in [0.2, 0.25) is 0 Å². The predicted molar refractivity (Wildman–Crippen MR) is 92.1 cm³/mol. The van der Waals surface area contributed by atoms with E-state index in [0.717, 1.165) is 35.5 Å². The summed E-state index contributed by atoms with van der Waals surface area (Å²) in [5, 5.41) is 9.95. The van der Waals surface area contributed by atoms with Crippen molar-refractivity contribution >= 4 is 11.6 Å². The molecule has 2 aromatic carbocycles. The van der Waals surface area contributed by atoms with Gasteiger partial charge in [0.25, 0.3) is 5.91 Å². The van der Waals surface area contributed by atoms with Crippen LogP contribution in [0.3, 0.4) is 0 Å². The Labute approximate surface area is 137 Å². The molecular weight excluding hydrogens is 288 g/mol. The minimum Gasteiger partial charge on any atom is -0.506 e. The van der Waals surface area contributed by atoms with Crippen LogP contribution < -0.4 is 4.90 Å². The van der Waals surface area contributed by atoms with Gasteiger partial charge in [0, 0.05) is 31.7 Å². The maximum absolute atomic E-state index is 12.7. The van der Waals surface area contributed by atoms with Gasteiger partial charge in [-0.1, -0.05) is 29.3 Å². The SMILES string of the molecule is Cc1cc(C)cc(C(=O)N2CCN(c3ccccc3O)CC2)c1. The molecule has 1 heterocycles. The quantitative estimate of drug-likeness (QED) is 0.927. The molecule has 0 saturated carbocycles. The van der Waals surface area contributed by atoms with Crippen molar-refractivity contribution in [2.75, 3.05) is 31.1 Å². The van der Waals surface area contributed by atoms with Crippen molar-refractivity contribution in [3.63, 3.8) is 0 Å². The number of benzene rings is 2. The van der Waals surface area contributed by atoms with Crippen LogP contribution in [-0.2, 0) is 0 Å². The summed E-state index contributed by atoms with van der Waals surface area (Å²) in [7, 11) is 0. The first kappa shape index (κ1) is 15.4. The number of phenolic OH excluding ortho intramolecular Hbond substituents is 1. The number of rotatable bonds is 2. The summed E-state index contributed by atoms with van der Waals surface area (Å²) in [5.41, 5.74) is 3.83. The smallest absolute Gasteiger partial charge is 0.253 e. The number of aromatic hydroxyl groups is 1. The number of carbonyl (C=O) groups is 1. The summed E-state index contributed by atoms with van der Waals surface area (Å²) in [4.78, 5) is 16.7. The number of amides is 1. The first-order chi connectivity index (χ1) is 11.0. The highest BCUT2D eigenvalue weighted by Crippen LogP contribution is 2.27.